The topological polar surface area (TPSA) is 95.9 Å². The number of amides is 1. The van der Waals surface area contributed by atoms with Crippen molar-refractivity contribution in [1.29, 1.82) is 0 Å². The summed E-state index contributed by atoms with van der Waals surface area (Å²) < 4.78 is 5.48. The van der Waals surface area contributed by atoms with Crippen LogP contribution in [0.4, 0.5) is 0 Å². The molecule has 0 aromatic carbocycles. The van der Waals surface area contributed by atoms with E-state index in [1.165, 1.54) is 315 Å². The Bertz CT molecular complexity index is 1040. The van der Waals surface area contributed by atoms with Crippen LogP contribution in [0.2, 0.25) is 0 Å². The molecule has 6 heteroatoms. The van der Waals surface area contributed by atoms with Gasteiger partial charge < -0.3 is 20.3 Å². The third-order valence-electron chi connectivity index (χ3n) is 15.9. The summed E-state index contributed by atoms with van der Waals surface area (Å²) in [5, 5.41) is 23.2. The Morgan fingerprint density at radius 1 is 0.333 bits per heavy atom. The van der Waals surface area contributed by atoms with E-state index in [1.54, 1.807) is 0 Å². The summed E-state index contributed by atoms with van der Waals surface area (Å²) in [6.07, 6.45) is 74.4. The lowest BCUT2D eigenvalue weighted by atomic mass is 10.0. The van der Waals surface area contributed by atoms with Crippen LogP contribution in [0.3, 0.4) is 0 Å². The predicted molar refractivity (Wildman–Crippen MR) is 315 cm³/mol. The van der Waals surface area contributed by atoms with Crippen molar-refractivity contribution in [1.82, 2.24) is 5.32 Å². The van der Waals surface area contributed by atoms with Crippen molar-refractivity contribution in [2.45, 2.75) is 398 Å². The second kappa shape index (κ2) is 62.4. The first-order chi connectivity index (χ1) is 35.5. The van der Waals surface area contributed by atoms with E-state index in [1.807, 2.05) is 0 Å². The van der Waals surface area contributed by atoms with Crippen molar-refractivity contribution in [3.05, 3.63) is 0 Å². The maximum atomic E-state index is 12.4. The van der Waals surface area contributed by atoms with Crippen molar-refractivity contribution < 1.29 is 24.5 Å². The normalized spacial score (nSPS) is 12.4. The van der Waals surface area contributed by atoms with Gasteiger partial charge in [-0.05, 0) is 25.7 Å². The van der Waals surface area contributed by atoms with E-state index in [4.69, 9.17) is 4.74 Å². The zero-order valence-corrected chi connectivity index (χ0v) is 49.2. The van der Waals surface area contributed by atoms with Gasteiger partial charge in [0.1, 0.15) is 0 Å². The van der Waals surface area contributed by atoms with Crippen LogP contribution in [0.1, 0.15) is 386 Å². The van der Waals surface area contributed by atoms with Gasteiger partial charge in [0.15, 0.2) is 0 Å². The molecule has 0 rings (SSSR count). The highest BCUT2D eigenvalue weighted by molar-refractivity contribution is 5.76. The summed E-state index contributed by atoms with van der Waals surface area (Å²) in [6.45, 7) is 4.97. The van der Waals surface area contributed by atoms with E-state index in [0.717, 1.165) is 38.5 Å². The molecule has 72 heavy (non-hydrogen) atoms. The highest BCUT2D eigenvalue weighted by Crippen LogP contribution is 2.19. The van der Waals surface area contributed by atoms with Crippen LogP contribution in [-0.2, 0) is 14.3 Å². The monoisotopic (exact) mass is 1020 g/mol. The number of hydrogen-bond donors (Lipinski definition) is 3. The maximum absolute atomic E-state index is 12.4. The molecule has 0 aliphatic heterocycles. The van der Waals surface area contributed by atoms with E-state index in [2.05, 4.69) is 19.2 Å². The first-order valence-electron chi connectivity index (χ1n) is 33.3. The third-order valence-corrected chi connectivity index (χ3v) is 15.9. The summed E-state index contributed by atoms with van der Waals surface area (Å²) >= 11 is 0. The SMILES string of the molecule is CCCCCCCCCCCCCCC(=O)OCCCCCCCCCCCCCCCCCCCCCCCCCCCCCCCCCCCC(=O)NC(CO)C(O)CCCCCCCCCCCC. The molecule has 0 aromatic rings. The summed E-state index contributed by atoms with van der Waals surface area (Å²) in [5.74, 6) is -0.00634. The highest BCUT2D eigenvalue weighted by Gasteiger charge is 2.20. The molecule has 0 aliphatic rings. The molecule has 0 spiro atoms. The Kier molecular flexibility index (Phi) is 61.4. The van der Waals surface area contributed by atoms with E-state index in [-0.39, 0.29) is 18.5 Å². The lowest BCUT2D eigenvalue weighted by Crippen LogP contribution is -2.45. The maximum Gasteiger partial charge on any atom is 0.305 e. The second-order valence-electron chi connectivity index (χ2n) is 23.2. The number of nitrogens with one attached hydrogen (secondary N) is 1. The Morgan fingerprint density at radius 2 is 0.569 bits per heavy atom. The van der Waals surface area contributed by atoms with Gasteiger partial charge in [-0.15, -0.1) is 0 Å². The molecule has 0 saturated heterocycles. The molecule has 2 unspecified atom stereocenters. The van der Waals surface area contributed by atoms with Crippen molar-refractivity contribution in [3.8, 4) is 0 Å². The van der Waals surface area contributed by atoms with Crippen LogP contribution < -0.4 is 5.32 Å². The first-order valence-corrected chi connectivity index (χ1v) is 33.3. The lowest BCUT2D eigenvalue weighted by Gasteiger charge is -2.22. The largest absolute Gasteiger partial charge is 0.466 e. The Balaban J connectivity index is 3.27. The number of unbranched alkanes of at least 4 members (excludes halogenated alkanes) is 52. The van der Waals surface area contributed by atoms with Crippen LogP contribution in [-0.4, -0.2) is 47.4 Å². The minimum Gasteiger partial charge on any atom is -0.466 e. The van der Waals surface area contributed by atoms with Crippen LogP contribution in [0.5, 0.6) is 0 Å². The van der Waals surface area contributed by atoms with Crippen molar-refractivity contribution >= 4 is 11.9 Å². The standard InChI is InChI=1S/C66H131NO5/c1-3-5-7-9-11-13-15-40-44-48-52-56-60-66(71)72-61-57-53-49-45-41-38-36-34-32-30-28-26-24-22-20-18-16-17-19-21-23-25-27-29-31-33-35-37-39-43-47-51-55-59-65(70)67-63(62-68)64(69)58-54-50-46-42-14-12-10-8-6-4-2/h63-64,68-69H,3-62H2,1-2H3,(H,67,70). The van der Waals surface area contributed by atoms with Crippen molar-refractivity contribution in [2.75, 3.05) is 13.2 Å². The Morgan fingerprint density at radius 3 is 0.847 bits per heavy atom. The first kappa shape index (κ1) is 70.9. The minimum atomic E-state index is -0.657. The van der Waals surface area contributed by atoms with Gasteiger partial charge >= 0.3 is 5.97 Å². The van der Waals surface area contributed by atoms with Gasteiger partial charge in [-0.3, -0.25) is 9.59 Å². The summed E-state index contributed by atoms with van der Waals surface area (Å²) in [5.41, 5.74) is 0. The number of hydrogen-bond acceptors (Lipinski definition) is 5. The van der Waals surface area contributed by atoms with Crippen molar-refractivity contribution in [2.24, 2.45) is 0 Å². The van der Waals surface area contributed by atoms with E-state index < -0.39 is 12.1 Å². The summed E-state index contributed by atoms with van der Waals surface area (Å²) in [6, 6.07) is -0.534. The Labute approximate surface area is 451 Å². The summed E-state index contributed by atoms with van der Waals surface area (Å²) in [4.78, 5) is 24.5. The highest BCUT2D eigenvalue weighted by atomic mass is 16.5. The Hall–Kier alpha value is -1.14. The van der Waals surface area contributed by atoms with Gasteiger partial charge in [-0.2, -0.15) is 0 Å². The predicted octanol–water partition coefficient (Wildman–Crippen LogP) is 21.0. The molecule has 2 atom stereocenters. The van der Waals surface area contributed by atoms with Crippen LogP contribution in [0.15, 0.2) is 0 Å². The molecule has 430 valence electrons. The molecule has 0 heterocycles. The van der Waals surface area contributed by atoms with Gasteiger partial charge in [0.25, 0.3) is 0 Å². The number of aliphatic hydroxyl groups excluding tert-OH is 2. The molecule has 0 bridgehead atoms. The van der Waals surface area contributed by atoms with Gasteiger partial charge in [0.2, 0.25) is 5.91 Å². The number of esters is 1. The molecule has 6 nitrogen and oxygen atoms in total. The fourth-order valence-corrected chi connectivity index (χ4v) is 10.8. The number of aliphatic hydroxyl groups is 2. The van der Waals surface area contributed by atoms with E-state index in [0.29, 0.717) is 25.9 Å². The fourth-order valence-electron chi connectivity index (χ4n) is 10.8. The molecule has 3 N–H and O–H groups in total. The quantitative estimate of drug-likeness (QED) is 0.0417. The molecular formula is C66H131NO5. The van der Waals surface area contributed by atoms with Crippen molar-refractivity contribution in [3.63, 3.8) is 0 Å². The molecular weight excluding hydrogens is 887 g/mol. The van der Waals surface area contributed by atoms with Crippen LogP contribution in [0.25, 0.3) is 0 Å². The number of carbonyl (C=O) groups is 2. The smallest absolute Gasteiger partial charge is 0.305 e. The fraction of sp³-hybridized carbons (Fsp3) is 0.970. The second-order valence-corrected chi connectivity index (χ2v) is 23.2. The van der Waals surface area contributed by atoms with Gasteiger partial charge in [-0.25, -0.2) is 0 Å². The van der Waals surface area contributed by atoms with E-state index >= 15 is 0 Å². The minimum absolute atomic E-state index is 0.0232. The van der Waals surface area contributed by atoms with Gasteiger partial charge in [0, 0.05) is 12.8 Å². The molecule has 0 aromatic heterocycles. The van der Waals surface area contributed by atoms with E-state index in [9.17, 15) is 19.8 Å². The van der Waals surface area contributed by atoms with Gasteiger partial charge in [0.05, 0.1) is 25.4 Å². The molecule has 0 fully saturated rings. The molecule has 0 saturated carbocycles. The summed E-state index contributed by atoms with van der Waals surface area (Å²) in [7, 11) is 0. The zero-order valence-electron chi connectivity index (χ0n) is 49.2. The van der Waals surface area contributed by atoms with Crippen LogP contribution in [0, 0.1) is 0 Å². The average molecular weight is 1020 g/mol. The number of ether oxygens (including phenoxy) is 1. The lowest BCUT2D eigenvalue weighted by molar-refractivity contribution is -0.143. The molecule has 0 radical (unpaired) electrons. The zero-order chi connectivity index (χ0) is 52.2. The van der Waals surface area contributed by atoms with Crippen LogP contribution >= 0.6 is 0 Å². The number of rotatable bonds is 63. The van der Waals surface area contributed by atoms with Gasteiger partial charge in [-0.1, -0.05) is 348 Å². The molecule has 1 amide bonds. The number of carbonyl (C=O) groups excluding carboxylic acids is 2. The molecule has 0 aliphatic carbocycles. The average Bonchev–Trinajstić information content (AvgIpc) is 3.38. The third kappa shape index (κ3) is 58.1.